The molecule has 0 aliphatic heterocycles. The van der Waals surface area contributed by atoms with Crippen molar-refractivity contribution in [1.82, 2.24) is 5.32 Å². The summed E-state index contributed by atoms with van der Waals surface area (Å²) >= 11 is 1.92. The Labute approximate surface area is 134 Å². The van der Waals surface area contributed by atoms with Gasteiger partial charge >= 0.3 is 0 Å². The second-order valence-electron chi connectivity index (χ2n) is 6.94. The molecule has 21 heavy (non-hydrogen) atoms. The van der Waals surface area contributed by atoms with Crippen LogP contribution in [0.2, 0.25) is 0 Å². The van der Waals surface area contributed by atoms with Gasteiger partial charge in [0.05, 0.1) is 6.10 Å². The van der Waals surface area contributed by atoms with Crippen LogP contribution in [-0.4, -0.2) is 31.1 Å². The van der Waals surface area contributed by atoms with E-state index in [0.29, 0.717) is 18.1 Å². The molecule has 3 heteroatoms. The fourth-order valence-corrected chi connectivity index (χ4v) is 3.55. The summed E-state index contributed by atoms with van der Waals surface area (Å²) < 4.78 is 6.02. The summed E-state index contributed by atoms with van der Waals surface area (Å²) in [6.07, 6.45) is 1.56. The monoisotopic (exact) mass is 307 g/mol. The van der Waals surface area contributed by atoms with Gasteiger partial charge < -0.3 is 10.1 Å². The maximum Gasteiger partial charge on any atom is 0.0656 e. The van der Waals surface area contributed by atoms with Crippen molar-refractivity contribution in [2.45, 2.75) is 51.2 Å². The van der Waals surface area contributed by atoms with Gasteiger partial charge in [0, 0.05) is 35.3 Å². The second kappa shape index (κ2) is 7.66. The van der Waals surface area contributed by atoms with E-state index in [1.165, 1.54) is 4.90 Å². The lowest BCUT2D eigenvalue weighted by atomic mass is 9.64. The summed E-state index contributed by atoms with van der Waals surface area (Å²) in [6, 6.07) is 11.2. The summed E-state index contributed by atoms with van der Waals surface area (Å²) in [5.74, 6) is 1.74. The van der Waals surface area contributed by atoms with E-state index < -0.39 is 0 Å². The zero-order valence-electron chi connectivity index (χ0n) is 13.8. The van der Waals surface area contributed by atoms with Crippen LogP contribution in [0.1, 0.15) is 34.1 Å². The lowest BCUT2D eigenvalue weighted by molar-refractivity contribution is -0.123. The summed E-state index contributed by atoms with van der Waals surface area (Å²) in [7, 11) is 0. The first-order chi connectivity index (χ1) is 10.00. The smallest absolute Gasteiger partial charge is 0.0656 e. The fraction of sp³-hybridized carbons (Fsp3) is 0.667. The SMILES string of the molecule is CC(C)COC1CC(NCCSc2ccccc2)C1(C)C. The van der Waals surface area contributed by atoms with E-state index in [1.807, 2.05) is 11.8 Å². The largest absolute Gasteiger partial charge is 0.377 e. The Bertz CT molecular complexity index is 418. The van der Waals surface area contributed by atoms with Gasteiger partial charge in [0.15, 0.2) is 0 Å². The Morgan fingerprint density at radius 2 is 2.00 bits per heavy atom. The maximum absolute atomic E-state index is 6.02. The Kier molecular flexibility index (Phi) is 6.15. The molecular weight excluding hydrogens is 278 g/mol. The van der Waals surface area contributed by atoms with Crippen molar-refractivity contribution in [2.24, 2.45) is 11.3 Å². The first-order valence-corrected chi connectivity index (χ1v) is 9.01. The van der Waals surface area contributed by atoms with Gasteiger partial charge in [0.2, 0.25) is 0 Å². The van der Waals surface area contributed by atoms with Gasteiger partial charge in [0.1, 0.15) is 0 Å². The minimum absolute atomic E-state index is 0.256. The van der Waals surface area contributed by atoms with E-state index in [-0.39, 0.29) is 5.41 Å². The number of benzene rings is 1. The minimum Gasteiger partial charge on any atom is -0.377 e. The summed E-state index contributed by atoms with van der Waals surface area (Å²) in [6.45, 7) is 11.0. The molecule has 1 aromatic rings. The number of thioether (sulfide) groups is 1. The van der Waals surface area contributed by atoms with Gasteiger partial charge in [-0.15, -0.1) is 11.8 Å². The molecule has 0 heterocycles. The van der Waals surface area contributed by atoms with Crippen LogP contribution in [0.15, 0.2) is 35.2 Å². The molecule has 1 aliphatic rings. The zero-order valence-corrected chi connectivity index (χ0v) is 14.6. The van der Waals surface area contributed by atoms with E-state index in [9.17, 15) is 0 Å². The van der Waals surface area contributed by atoms with Gasteiger partial charge in [-0.1, -0.05) is 45.9 Å². The Morgan fingerprint density at radius 1 is 1.29 bits per heavy atom. The average molecular weight is 308 g/mol. The molecule has 2 unspecified atom stereocenters. The van der Waals surface area contributed by atoms with Crippen molar-refractivity contribution in [3.05, 3.63) is 30.3 Å². The summed E-state index contributed by atoms with van der Waals surface area (Å²) in [5.41, 5.74) is 0.256. The van der Waals surface area contributed by atoms with Gasteiger partial charge in [-0.2, -0.15) is 0 Å². The first kappa shape index (κ1) is 16.9. The van der Waals surface area contributed by atoms with Crippen molar-refractivity contribution in [3.63, 3.8) is 0 Å². The maximum atomic E-state index is 6.02. The van der Waals surface area contributed by atoms with Gasteiger partial charge in [-0.3, -0.25) is 0 Å². The van der Waals surface area contributed by atoms with Crippen LogP contribution in [-0.2, 0) is 4.74 Å². The summed E-state index contributed by atoms with van der Waals surface area (Å²) in [4.78, 5) is 1.35. The Morgan fingerprint density at radius 3 is 2.62 bits per heavy atom. The molecule has 1 aromatic carbocycles. The molecule has 1 saturated carbocycles. The van der Waals surface area contributed by atoms with Crippen LogP contribution in [0.25, 0.3) is 0 Å². The van der Waals surface area contributed by atoms with Crippen LogP contribution in [0, 0.1) is 11.3 Å². The molecule has 2 rings (SSSR count). The highest BCUT2D eigenvalue weighted by molar-refractivity contribution is 7.99. The van der Waals surface area contributed by atoms with Crippen molar-refractivity contribution < 1.29 is 4.74 Å². The van der Waals surface area contributed by atoms with E-state index in [1.54, 1.807) is 0 Å². The zero-order chi connectivity index (χ0) is 15.3. The minimum atomic E-state index is 0.256. The molecule has 0 aromatic heterocycles. The molecule has 1 fully saturated rings. The molecule has 2 nitrogen and oxygen atoms in total. The van der Waals surface area contributed by atoms with Crippen molar-refractivity contribution in [2.75, 3.05) is 18.9 Å². The first-order valence-electron chi connectivity index (χ1n) is 8.03. The molecular formula is C18H29NOS. The highest BCUT2D eigenvalue weighted by atomic mass is 32.2. The highest BCUT2D eigenvalue weighted by Gasteiger charge is 2.48. The molecule has 0 radical (unpaired) electrons. The topological polar surface area (TPSA) is 21.3 Å². The third-order valence-electron chi connectivity index (χ3n) is 4.31. The average Bonchev–Trinajstić information content (AvgIpc) is 2.45. The van der Waals surface area contributed by atoms with Crippen LogP contribution in [0.5, 0.6) is 0 Å². The lowest BCUT2D eigenvalue weighted by Crippen LogP contribution is -2.61. The number of hydrogen-bond acceptors (Lipinski definition) is 3. The number of hydrogen-bond donors (Lipinski definition) is 1. The third kappa shape index (κ3) is 4.73. The summed E-state index contributed by atoms with van der Waals surface area (Å²) in [5, 5.41) is 3.70. The quantitative estimate of drug-likeness (QED) is 0.574. The fourth-order valence-electron chi connectivity index (χ4n) is 2.74. The third-order valence-corrected chi connectivity index (χ3v) is 5.33. The van der Waals surface area contributed by atoms with E-state index in [2.05, 4.69) is 63.3 Å². The lowest BCUT2D eigenvalue weighted by Gasteiger charge is -2.52. The van der Waals surface area contributed by atoms with Gasteiger partial charge in [-0.25, -0.2) is 0 Å². The predicted octanol–water partition coefficient (Wildman–Crippen LogP) is 4.21. The molecule has 0 saturated heterocycles. The van der Waals surface area contributed by atoms with Crippen LogP contribution >= 0.6 is 11.8 Å². The molecule has 1 N–H and O–H groups in total. The Balaban J connectivity index is 1.64. The standard InChI is InChI=1S/C18H29NOS/c1-14(2)13-20-17-12-16(18(17,3)4)19-10-11-21-15-8-6-5-7-9-15/h5-9,14,16-17,19H,10-13H2,1-4H3. The highest BCUT2D eigenvalue weighted by Crippen LogP contribution is 2.42. The number of nitrogens with one attached hydrogen (secondary N) is 1. The number of ether oxygens (including phenoxy) is 1. The molecule has 118 valence electrons. The Hall–Kier alpha value is -0.510. The molecule has 0 amide bonds. The van der Waals surface area contributed by atoms with Crippen LogP contribution in [0.4, 0.5) is 0 Å². The van der Waals surface area contributed by atoms with Crippen molar-refractivity contribution >= 4 is 11.8 Å². The van der Waals surface area contributed by atoms with Gasteiger partial charge in [-0.05, 0) is 24.5 Å². The molecule has 1 aliphatic carbocycles. The molecule has 0 spiro atoms. The van der Waals surface area contributed by atoms with Gasteiger partial charge in [0.25, 0.3) is 0 Å². The normalized spacial score (nSPS) is 24.0. The molecule has 2 atom stereocenters. The predicted molar refractivity (Wildman–Crippen MR) is 91.9 cm³/mol. The van der Waals surface area contributed by atoms with Crippen molar-refractivity contribution in [3.8, 4) is 0 Å². The van der Waals surface area contributed by atoms with E-state index in [0.717, 1.165) is 25.3 Å². The molecule has 0 bridgehead atoms. The van der Waals surface area contributed by atoms with E-state index in [4.69, 9.17) is 4.74 Å². The second-order valence-corrected chi connectivity index (χ2v) is 8.11. The van der Waals surface area contributed by atoms with Crippen LogP contribution < -0.4 is 5.32 Å². The van der Waals surface area contributed by atoms with Crippen molar-refractivity contribution in [1.29, 1.82) is 0 Å². The number of rotatable bonds is 8. The van der Waals surface area contributed by atoms with Crippen LogP contribution in [0.3, 0.4) is 0 Å². The van der Waals surface area contributed by atoms with E-state index >= 15 is 0 Å².